The topological polar surface area (TPSA) is 0 Å². The van der Waals surface area contributed by atoms with E-state index in [2.05, 4.69) is 0 Å². The van der Waals surface area contributed by atoms with Crippen molar-refractivity contribution in [3.8, 4) is 0 Å². The molecule has 0 bridgehead atoms. The Bertz CT molecular complexity index is 343. The lowest BCUT2D eigenvalue weighted by atomic mass is 9.82. The molecular weight excluding hydrogens is 189 g/mol. The first-order chi connectivity index (χ1) is 6.38. The third-order valence-corrected chi connectivity index (χ3v) is 2.61. The highest BCUT2D eigenvalue weighted by atomic mass is 19.2. The van der Waals surface area contributed by atoms with Crippen LogP contribution in [0.15, 0.2) is 12.1 Å². The van der Waals surface area contributed by atoms with Gasteiger partial charge in [0.25, 0.3) is 0 Å². The highest BCUT2D eigenvalue weighted by Gasteiger charge is 2.24. The van der Waals surface area contributed by atoms with Crippen LogP contribution < -0.4 is 0 Å². The lowest BCUT2D eigenvalue weighted by Gasteiger charge is -2.23. The summed E-state index contributed by atoms with van der Waals surface area (Å²) >= 11 is 0. The van der Waals surface area contributed by atoms with Gasteiger partial charge < -0.3 is 0 Å². The molecule has 14 heavy (non-hydrogen) atoms. The van der Waals surface area contributed by atoms with Crippen LogP contribution in [0.1, 0.15) is 32.8 Å². The molecular formula is C11H13F3. The molecule has 0 heterocycles. The molecule has 1 aromatic carbocycles. The molecule has 0 spiro atoms. The van der Waals surface area contributed by atoms with Crippen molar-refractivity contribution in [1.82, 2.24) is 0 Å². The Balaban J connectivity index is 3.34. The van der Waals surface area contributed by atoms with Crippen LogP contribution in [0.3, 0.4) is 0 Å². The predicted octanol–water partition coefficient (Wildman–Crippen LogP) is 3.79. The molecule has 3 heteroatoms. The molecule has 0 fully saturated rings. The minimum absolute atomic E-state index is 0.0949. The second kappa shape index (κ2) is 3.64. The van der Waals surface area contributed by atoms with Crippen molar-refractivity contribution < 1.29 is 13.2 Å². The second-order valence-corrected chi connectivity index (χ2v) is 3.99. The summed E-state index contributed by atoms with van der Waals surface area (Å²) in [6.07, 6.45) is 0.618. The van der Waals surface area contributed by atoms with E-state index in [9.17, 15) is 13.2 Å². The van der Waals surface area contributed by atoms with E-state index >= 15 is 0 Å². The standard InChI is InChI=1S/C11H13F3/c1-4-11(2,3)8-5-7(12)6-9(13)10(8)14/h5-6H,4H2,1-3H3. The third-order valence-electron chi connectivity index (χ3n) is 2.61. The fraction of sp³-hybridized carbons (Fsp3) is 0.455. The van der Waals surface area contributed by atoms with Gasteiger partial charge in [-0.05, 0) is 23.5 Å². The van der Waals surface area contributed by atoms with Crippen molar-refractivity contribution >= 4 is 0 Å². The van der Waals surface area contributed by atoms with Gasteiger partial charge in [0.2, 0.25) is 0 Å². The number of hydrogen-bond donors (Lipinski definition) is 0. The molecule has 0 nitrogen and oxygen atoms in total. The van der Waals surface area contributed by atoms with Gasteiger partial charge >= 0.3 is 0 Å². The van der Waals surface area contributed by atoms with E-state index in [0.29, 0.717) is 12.5 Å². The average molecular weight is 202 g/mol. The van der Waals surface area contributed by atoms with Crippen molar-refractivity contribution in [3.63, 3.8) is 0 Å². The minimum atomic E-state index is -1.12. The highest BCUT2D eigenvalue weighted by Crippen LogP contribution is 2.30. The van der Waals surface area contributed by atoms with E-state index < -0.39 is 22.9 Å². The Labute approximate surface area is 81.8 Å². The molecule has 0 N–H and O–H groups in total. The number of halogens is 3. The largest absolute Gasteiger partial charge is 0.207 e. The Morgan fingerprint density at radius 1 is 1.14 bits per heavy atom. The fourth-order valence-electron chi connectivity index (χ4n) is 1.24. The summed E-state index contributed by atoms with van der Waals surface area (Å²) in [7, 11) is 0. The van der Waals surface area contributed by atoms with Crippen molar-refractivity contribution in [2.24, 2.45) is 0 Å². The van der Waals surface area contributed by atoms with Gasteiger partial charge in [-0.2, -0.15) is 0 Å². The van der Waals surface area contributed by atoms with E-state index in [-0.39, 0.29) is 5.56 Å². The van der Waals surface area contributed by atoms with Gasteiger partial charge in [-0.15, -0.1) is 0 Å². The van der Waals surface area contributed by atoms with Crippen LogP contribution in [0.25, 0.3) is 0 Å². The molecule has 78 valence electrons. The lowest BCUT2D eigenvalue weighted by molar-refractivity contribution is 0.428. The first-order valence-electron chi connectivity index (χ1n) is 4.53. The Morgan fingerprint density at radius 2 is 1.71 bits per heavy atom. The van der Waals surface area contributed by atoms with Gasteiger partial charge in [-0.25, -0.2) is 13.2 Å². The summed E-state index contributed by atoms with van der Waals surface area (Å²) in [5.74, 6) is -2.81. The molecule has 0 aromatic heterocycles. The summed E-state index contributed by atoms with van der Waals surface area (Å²) < 4.78 is 39.1. The summed E-state index contributed by atoms with van der Waals surface area (Å²) in [5.41, 5.74) is -0.454. The molecule has 1 aromatic rings. The Hall–Kier alpha value is -0.990. The molecule has 0 aliphatic heterocycles. The van der Waals surface area contributed by atoms with E-state index in [4.69, 9.17) is 0 Å². The van der Waals surface area contributed by atoms with Crippen molar-refractivity contribution in [3.05, 3.63) is 35.1 Å². The quantitative estimate of drug-likeness (QED) is 0.640. The molecule has 0 saturated heterocycles. The summed E-state index contributed by atoms with van der Waals surface area (Å²) in [6.45, 7) is 5.36. The first-order valence-corrected chi connectivity index (χ1v) is 4.53. The molecule has 0 atom stereocenters. The third kappa shape index (κ3) is 1.91. The van der Waals surface area contributed by atoms with Gasteiger partial charge in [0.1, 0.15) is 5.82 Å². The zero-order valence-electron chi connectivity index (χ0n) is 8.50. The maximum Gasteiger partial charge on any atom is 0.162 e. The van der Waals surface area contributed by atoms with E-state index in [1.165, 1.54) is 0 Å². The highest BCUT2D eigenvalue weighted by molar-refractivity contribution is 5.27. The van der Waals surface area contributed by atoms with Crippen LogP contribution in [0.4, 0.5) is 13.2 Å². The summed E-state index contributed by atoms with van der Waals surface area (Å²) in [5, 5.41) is 0. The lowest BCUT2D eigenvalue weighted by Crippen LogP contribution is -2.18. The average Bonchev–Trinajstić information content (AvgIpc) is 2.11. The van der Waals surface area contributed by atoms with Crippen LogP contribution in [-0.2, 0) is 5.41 Å². The Kier molecular flexibility index (Phi) is 2.88. The van der Waals surface area contributed by atoms with Gasteiger partial charge in [0, 0.05) is 6.07 Å². The van der Waals surface area contributed by atoms with Gasteiger partial charge in [-0.3, -0.25) is 0 Å². The van der Waals surface area contributed by atoms with Gasteiger partial charge in [-0.1, -0.05) is 20.8 Å². The van der Waals surface area contributed by atoms with Crippen LogP contribution in [0, 0.1) is 17.5 Å². The maximum atomic E-state index is 13.3. The van der Waals surface area contributed by atoms with Crippen molar-refractivity contribution in [1.29, 1.82) is 0 Å². The maximum absolute atomic E-state index is 13.3. The predicted molar refractivity (Wildman–Crippen MR) is 49.6 cm³/mol. The normalized spacial score (nSPS) is 11.9. The van der Waals surface area contributed by atoms with Crippen LogP contribution in [-0.4, -0.2) is 0 Å². The van der Waals surface area contributed by atoms with E-state index in [0.717, 1.165) is 6.07 Å². The fourth-order valence-corrected chi connectivity index (χ4v) is 1.24. The molecule has 0 aliphatic carbocycles. The zero-order chi connectivity index (χ0) is 10.9. The van der Waals surface area contributed by atoms with E-state index in [1.54, 1.807) is 13.8 Å². The number of benzene rings is 1. The summed E-state index contributed by atoms with van der Waals surface area (Å²) in [6, 6.07) is 1.62. The molecule has 0 amide bonds. The van der Waals surface area contributed by atoms with E-state index in [1.807, 2.05) is 6.92 Å². The van der Waals surface area contributed by atoms with Crippen molar-refractivity contribution in [2.45, 2.75) is 32.6 Å². The molecule has 0 aliphatic rings. The number of hydrogen-bond acceptors (Lipinski definition) is 0. The first kappa shape index (κ1) is 11.1. The molecule has 1 rings (SSSR count). The second-order valence-electron chi connectivity index (χ2n) is 3.99. The van der Waals surface area contributed by atoms with Gasteiger partial charge in [0.15, 0.2) is 11.6 Å². The zero-order valence-corrected chi connectivity index (χ0v) is 8.50. The molecule has 0 radical (unpaired) electrons. The van der Waals surface area contributed by atoms with Crippen LogP contribution >= 0.6 is 0 Å². The SMILES string of the molecule is CCC(C)(C)c1cc(F)cc(F)c1F. The summed E-state index contributed by atoms with van der Waals surface area (Å²) in [4.78, 5) is 0. The molecule has 0 unspecified atom stereocenters. The van der Waals surface area contributed by atoms with Crippen molar-refractivity contribution in [2.75, 3.05) is 0 Å². The smallest absolute Gasteiger partial charge is 0.162 e. The molecule has 0 saturated carbocycles. The minimum Gasteiger partial charge on any atom is -0.207 e. The van der Waals surface area contributed by atoms with Gasteiger partial charge in [0.05, 0.1) is 0 Å². The number of rotatable bonds is 2. The van der Waals surface area contributed by atoms with Crippen LogP contribution in [0.5, 0.6) is 0 Å². The monoisotopic (exact) mass is 202 g/mol. The van der Waals surface area contributed by atoms with Crippen LogP contribution in [0.2, 0.25) is 0 Å². The Morgan fingerprint density at radius 3 is 2.21 bits per heavy atom.